The Balaban J connectivity index is 4.94. The number of amides is 1. The Bertz CT molecular complexity index is 439. The van der Waals surface area contributed by atoms with Crippen LogP contribution >= 0.6 is 0 Å². The van der Waals surface area contributed by atoms with E-state index in [1.54, 1.807) is 49.5 Å². The topological polar surface area (TPSA) is 29.1 Å². The second-order valence-corrected chi connectivity index (χ2v) is 3.35. The molecule has 0 aliphatic rings. The summed E-state index contributed by atoms with van der Waals surface area (Å²) in [6.07, 6.45) is 11.7. The lowest BCUT2D eigenvalue weighted by molar-refractivity contribution is -0.116. The molecule has 2 radical (unpaired) electrons. The highest BCUT2D eigenvalue weighted by Crippen LogP contribution is 2.08. The largest absolute Gasteiger partial charge is 0.322 e. The average molecular weight is 239 g/mol. The molecule has 0 heterocycles. The highest BCUT2D eigenvalue weighted by Gasteiger charge is 2.09. The van der Waals surface area contributed by atoms with E-state index in [-0.39, 0.29) is 5.91 Å². The molecule has 0 spiro atoms. The molecule has 0 bridgehead atoms. The Kier molecular flexibility index (Phi) is 8.03. The minimum Gasteiger partial charge on any atom is -0.322 e. The summed E-state index contributed by atoms with van der Waals surface area (Å²) in [7, 11) is 5.76. The van der Waals surface area contributed by atoms with Crippen LogP contribution in [-0.4, -0.2) is 13.8 Å². The Morgan fingerprint density at radius 1 is 1.17 bits per heavy atom. The first kappa shape index (κ1) is 16.0. The van der Waals surface area contributed by atoms with E-state index < -0.39 is 0 Å². The van der Waals surface area contributed by atoms with E-state index in [1.165, 1.54) is 0 Å². The fraction of sp³-hybridized carbons (Fsp3) is 0.133. The van der Waals surface area contributed by atoms with Crippen molar-refractivity contribution in [2.45, 2.75) is 13.8 Å². The van der Waals surface area contributed by atoms with Gasteiger partial charge in [-0.3, -0.25) is 4.79 Å². The first-order chi connectivity index (χ1) is 8.60. The van der Waals surface area contributed by atoms with Gasteiger partial charge in [-0.15, -0.1) is 0 Å². The van der Waals surface area contributed by atoms with Crippen LogP contribution in [0.5, 0.6) is 0 Å². The van der Waals surface area contributed by atoms with Gasteiger partial charge in [-0.05, 0) is 19.9 Å². The van der Waals surface area contributed by atoms with Crippen LogP contribution in [0.4, 0.5) is 0 Å². The highest BCUT2D eigenvalue weighted by molar-refractivity contribution is 6.29. The summed E-state index contributed by atoms with van der Waals surface area (Å²) in [6, 6.07) is 0. The molecule has 0 fully saturated rings. The molecule has 0 atom stereocenters. The number of allylic oxidation sites excluding steroid dienone is 7. The Hall–Kier alpha value is -2.03. The molecule has 3 heteroatoms. The van der Waals surface area contributed by atoms with Crippen LogP contribution in [0.3, 0.4) is 0 Å². The lowest BCUT2D eigenvalue weighted by Crippen LogP contribution is -2.24. The highest BCUT2D eigenvalue weighted by atomic mass is 16.1. The van der Waals surface area contributed by atoms with Crippen LogP contribution in [0, 0.1) is 0 Å². The molecule has 0 aromatic carbocycles. The number of hydrogen-bond donors (Lipinski definition) is 1. The predicted molar refractivity (Wildman–Crippen MR) is 79.0 cm³/mol. The average Bonchev–Trinajstić information content (AvgIpc) is 2.35. The number of hydrogen-bond acceptors (Lipinski definition) is 1. The summed E-state index contributed by atoms with van der Waals surface area (Å²) in [4.78, 5) is 12.0. The van der Waals surface area contributed by atoms with Crippen molar-refractivity contribution in [3.63, 3.8) is 0 Å². The molecule has 0 aliphatic carbocycles. The third-order valence-corrected chi connectivity index (χ3v) is 2.12. The molecule has 0 unspecified atom stereocenters. The first-order valence-corrected chi connectivity index (χ1v) is 5.62. The van der Waals surface area contributed by atoms with Crippen LogP contribution in [0.15, 0.2) is 72.4 Å². The molecule has 1 amide bonds. The molecule has 0 rings (SSSR count). The second kappa shape index (κ2) is 9.05. The fourth-order valence-electron chi connectivity index (χ4n) is 1.23. The Labute approximate surface area is 111 Å². The van der Waals surface area contributed by atoms with Gasteiger partial charge in [0.15, 0.2) is 0 Å². The summed E-state index contributed by atoms with van der Waals surface area (Å²) in [6.45, 7) is 10.7. The van der Waals surface area contributed by atoms with Crippen molar-refractivity contribution < 1.29 is 4.79 Å². The van der Waals surface area contributed by atoms with Crippen molar-refractivity contribution in [2.24, 2.45) is 0 Å². The maximum atomic E-state index is 12.0. The van der Waals surface area contributed by atoms with E-state index in [0.717, 1.165) is 0 Å². The van der Waals surface area contributed by atoms with Gasteiger partial charge in [-0.1, -0.05) is 55.1 Å². The maximum absolute atomic E-state index is 12.0. The summed E-state index contributed by atoms with van der Waals surface area (Å²) < 4.78 is 0. The van der Waals surface area contributed by atoms with Gasteiger partial charge in [0.05, 0.1) is 0 Å². The van der Waals surface area contributed by atoms with Gasteiger partial charge < -0.3 is 5.32 Å². The molecular formula is C15H18BNO. The van der Waals surface area contributed by atoms with E-state index in [9.17, 15) is 4.79 Å². The van der Waals surface area contributed by atoms with E-state index in [0.29, 0.717) is 16.7 Å². The standard InChI is InChI=1S/C15H18BNO/c1-5-9-11-12(7-3)17-15(18)13(8-4)14(16)10-6-2/h5-11H,1-2H2,3-4H3,(H,17,18)/b11-9-,12-7+,13-8+,14-10+. The number of nitrogens with one attached hydrogen (secondary N) is 1. The summed E-state index contributed by atoms with van der Waals surface area (Å²) in [5.74, 6) is -0.255. The molecule has 92 valence electrons. The maximum Gasteiger partial charge on any atom is 0.254 e. The molecule has 2 nitrogen and oxygen atoms in total. The normalized spacial score (nSPS) is 13.6. The molecule has 18 heavy (non-hydrogen) atoms. The quantitative estimate of drug-likeness (QED) is 0.431. The van der Waals surface area contributed by atoms with Crippen molar-refractivity contribution in [3.05, 3.63) is 72.4 Å². The van der Waals surface area contributed by atoms with Crippen LogP contribution in [0.25, 0.3) is 0 Å². The van der Waals surface area contributed by atoms with Crippen molar-refractivity contribution in [3.8, 4) is 0 Å². The number of carbonyl (C=O) groups excluding carboxylic acids is 1. The van der Waals surface area contributed by atoms with Crippen LogP contribution in [0.1, 0.15) is 13.8 Å². The van der Waals surface area contributed by atoms with Gasteiger partial charge in [0.1, 0.15) is 7.85 Å². The predicted octanol–water partition coefficient (Wildman–Crippen LogP) is 2.93. The van der Waals surface area contributed by atoms with Crippen LogP contribution in [-0.2, 0) is 4.79 Å². The number of carbonyl (C=O) groups is 1. The zero-order valence-corrected chi connectivity index (χ0v) is 10.9. The SMILES string of the molecule is [B]C(=C/C=C)/C(=C\C)C(=O)NC(/C=C\C=C)=C/C. The van der Waals surface area contributed by atoms with Gasteiger partial charge in [0, 0.05) is 11.3 Å². The van der Waals surface area contributed by atoms with Crippen molar-refractivity contribution in [1.29, 1.82) is 0 Å². The van der Waals surface area contributed by atoms with E-state index in [1.807, 2.05) is 6.92 Å². The smallest absolute Gasteiger partial charge is 0.254 e. The van der Waals surface area contributed by atoms with E-state index >= 15 is 0 Å². The van der Waals surface area contributed by atoms with Crippen molar-refractivity contribution in [1.82, 2.24) is 5.32 Å². The van der Waals surface area contributed by atoms with Gasteiger partial charge in [0.2, 0.25) is 0 Å². The number of rotatable bonds is 6. The molecule has 1 N–H and O–H groups in total. The molecule has 0 aromatic rings. The summed E-state index contributed by atoms with van der Waals surface area (Å²) in [5, 5.41) is 2.76. The van der Waals surface area contributed by atoms with Crippen molar-refractivity contribution >= 4 is 13.8 Å². The van der Waals surface area contributed by atoms with E-state index in [2.05, 4.69) is 18.5 Å². The minimum atomic E-state index is -0.255. The van der Waals surface area contributed by atoms with E-state index in [4.69, 9.17) is 7.85 Å². The Morgan fingerprint density at radius 3 is 2.28 bits per heavy atom. The fourth-order valence-corrected chi connectivity index (χ4v) is 1.23. The lowest BCUT2D eigenvalue weighted by atomic mass is 9.87. The third kappa shape index (κ3) is 5.35. The zero-order chi connectivity index (χ0) is 14.0. The monoisotopic (exact) mass is 239 g/mol. The van der Waals surface area contributed by atoms with Gasteiger partial charge in [-0.2, -0.15) is 0 Å². The second-order valence-electron chi connectivity index (χ2n) is 3.35. The minimum absolute atomic E-state index is 0.255. The Morgan fingerprint density at radius 2 is 1.83 bits per heavy atom. The zero-order valence-electron chi connectivity index (χ0n) is 10.9. The lowest BCUT2D eigenvalue weighted by Gasteiger charge is -2.09. The molecule has 0 saturated carbocycles. The van der Waals surface area contributed by atoms with Crippen LogP contribution < -0.4 is 5.32 Å². The van der Waals surface area contributed by atoms with Gasteiger partial charge >= 0.3 is 0 Å². The van der Waals surface area contributed by atoms with Gasteiger partial charge in [-0.25, -0.2) is 0 Å². The molecule has 0 aromatic heterocycles. The third-order valence-electron chi connectivity index (χ3n) is 2.12. The summed E-state index contributed by atoms with van der Waals surface area (Å²) >= 11 is 0. The first-order valence-electron chi connectivity index (χ1n) is 5.62. The molecular weight excluding hydrogens is 221 g/mol. The molecule has 0 saturated heterocycles. The van der Waals surface area contributed by atoms with Crippen LogP contribution in [0.2, 0.25) is 0 Å². The van der Waals surface area contributed by atoms with Crippen molar-refractivity contribution in [2.75, 3.05) is 0 Å². The summed E-state index contributed by atoms with van der Waals surface area (Å²) in [5.41, 5.74) is 1.49. The van der Waals surface area contributed by atoms with Gasteiger partial charge in [0.25, 0.3) is 5.91 Å². The molecule has 0 aliphatic heterocycles.